The van der Waals surface area contributed by atoms with E-state index in [0.29, 0.717) is 12.1 Å². The molecule has 0 spiro atoms. The van der Waals surface area contributed by atoms with E-state index < -0.39 is 22.8 Å². The largest absolute Gasteiger partial charge is 0.493 e. The van der Waals surface area contributed by atoms with Crippen molar-refractivity contribution in [3.05, 3.63) is 58.4 Å². The monoisotopic (exact) mass is 348 g/mol. The number of nitro benzene ring substituents is 1. The van der Waals surface area contributed by atoms with Crippen LogP contribution in [0.15, 0.2) is 42.5 Å². The van der Waals surface area contributed by atoms with E-state index in [4.69, 9.17) is 9.47 Å². The summed E-state index contributed by atoms with van der Waals surface area (Å²) in [5.74, 6) is -0.498. The fourth-order valence-electron chi connectivity index (χ4n) is 2.10. The van der Waals surface area contributed by atoms with Crippen LogP contribution in [0.1, 0.15) is 13.3 Å². The van der Waals surface area contributed by atoms with Gasteiger partial charge < -0.3 is 14.8 Å². The molecule has 0 fully saturated rings. The number of amides is 1. The molecule has 0 saturated carbocycles. The Kier molecular flexibility index (Phi) is 5.89. The molecule has 8 heteroatoms. The van der Waals surface area contributed by atoms with Gasteiger partial charge in [0.25, 0.3) is 11.6 Å². The summed E-state index contributed by atoms with van der Waals surface area (Å²) in [6.45, 7) is 1.73. The number of hydrogen-bond donors (Lipinski definition) is 1. The van der Waals surface area contributed by atoms with Crippen LogP contribution in [0.2, 0.25) is 0 Å². The number of carbonyl (C=O) groups excluding carboxylic acids is 1. The number of rotatable bonds is 7. The molecular formula is C17H17FN2O5. The van der Waals surface area contributed by atoms with Crippen molar-refractivity contribution in [3.8, 4) is 11.5 Å². The third-order valence-corrected chi connectivity index (χ3v) is 3.40. The molecule has 1 unspecified atom stereocenters. The third kappa shape index (κ3) is 4.66. The SMILES string of the molecule is CCC(Oc1cc([N+](=O)[O-])ccc1OC)C(=O)Nc1ccc(F)cc1. The van der Waals surface area contributed by atoms with Crippen LogP contribution < -0.4 is 14.8 Å². The molecular weight excluding hydrogens is 331 g/mol. The summed E-state index contributed by atoms with van der Waals surface area (Å²) < 4.78 is 23.7. The van der Waals surface area contributed by atoms with Gasteiger partial charge in [-0.2, -0.15) is 0 Å². The van der Waals surface area contributed by atoms with E-state index in [1.54, 1.807) is 6.92 Å². The first-order valence-corrected chi connectivity index (χ1v) is 7.50. The molecule has 2 aromatic carbocycles. The van der Waals surface area contributed by atoms with Crippen molar-refractivity contribution in [3.63, 3.8) is 0 Å². The van der Waals surface area contributed by atoms with Gasteiger partial charge in [-0.05, 0) is 36.8 Å². The number of hydrogen-bond acceptors (Lipinski definition) is 5. The summed E-state index contributed by atoms with van der Waals surface area (Å²) in [4.78, 5) is 22.7. The lowest BCUT2D eigenvalue weighted by Crippen LogP contribution is -2.32. The van der Waals surface area contributed by atoms with Gasteiger partial charge in [-0.25, -0.2) is 4.39 Å². The van der Waals surface area contributed by atoms with E-state index in [2.05, 4.69) is 5.32 Å². The Morgan fingerprint density at radius 3 is 2.48 bits per heavy atom. The summed E-state index contributed by atoms with van der Waals surface area (Å²) in [6, 6.07) is 9.18. The highest BCUT2D eigenvalue weighted by molar-refractivity contribution is 5.94. The molecule has 2 rings (SSSR count). The molecule has 0 aliphatic heterocycles. The van der Waals surface area contributed by atoms with Crippen molar-refractivity contribution >= 4 is 17.3 Å². The molecule has 2 aromatic rings. The number of benzene rings is 2. The lowest BCUT2D eigenvalue weighted by Gasteiger charge is -2.18. The Hall–Kier alpha value is -3.16. The predicted octanol–water partition coefficient (Wildman–Crippen LogP) is 3.54. The molecule has 0 radical (unpaired) electrons. The number of non-ortho nitro benzene ring substituents is 1. The Morgan fingerprint density at radius 1 is 1.24 bits per heavy atom. The first-order chi connectivity index (χ1) is 11.9. The number of carbonyl (C=O) groups is 1. The maximum atomic E-state index is 12.9. The van der Waals surface area contributed by atoms with Gasteiger partial charge in [-0.1, -0.05) is 6.92 Å². The summed E-state index contributed by atoms with van der Waals surface area (Å²) in [5.41, 5.74) is 0.240. The highest BCUT2D eigenvalue weighted by Crippen LogP contribution is 2.32. The number of nitrogens with one attached hydrogen (secondary N) is 1. The van der Waals surface area contributed by atoms with E-state index in [0.717, 1.165) is 0 Å². The van der Waals surface area contributed by atoms with Gasteiger partial charge in [0.1, 0.15) is 5.82 Å². The molecule has 132 valence electrons. The highest BCUT2D eigenvalue weighted by Gasteiger charge is 2.22. The van der Waals surface area contributed by atoms with Crippen LogP contribution in [-0.2, 0) is 4.79 Å². The fourth-order valence-corrected chi connectivity index (χ4v) is 2.10. The van der Waals surface area contributed by atoms with Crippen molar-refractivity contribution in [1.29, 1.82) is 0 Å². The molecule has 0 heterocycles. The van der Waals surface area contributed by atoms with Crippen LogP contribution in [0.3, 0.4) is 0 Å². The minimum Gasteiger partial charge on any atom is -0.493 e. The van der Waals surface area contributed by atoms with Gasteiger partial charge in [0.15, 0.2) is 17.6 Å². The molecule has 7 nitrogen and oxygen atoms in total. The van der Waals surface area contributed by atoms with Crippen LogP contribution >= 0.6 is 0 Å². The number of anilines is 1. The molecule has 0 aliphatic carbocycles. The van der Waals surface area contributed by atoms with E-state index in [1.165, 1.54) is 49.6 Å². The molecule has 0 bridgehead atoms. The lowest BCUT2D eigenvalue weighted by molar-refractivity contribution is -0.385. The van der Waals surface area contributed by atoms with Gasteiger partial charge in [-0.15, -0.1) is 0 Å². The molecule has 0 saturated heterocycles. The maximum Gasteiger partial charge on any atom is 0.273 e. The van der Waals surface area contributed by atoms with Gasteiger partial charge in [0.05, 0.1) is 18.1 Å². The summed E-state index contributed by atoms with van der Waals surface area (Å²) in [7, 11) is 1.40. The number of nitrogens with zero attached hydrogens (tertiary/aromatic N) is 1. The second-order valence-electron chi connectivity index (χ2n) is 5.10. The number of halogens is 1. The van der Waals surface area contributed by atoms with Crippen LogP contribution in [0.25, 0.3) is 0 Å². The Labute approximate surface area is 143 Å². The topological polar surface area (TPSA) is 90.7 Å². The first-order valence-electron chi connectivity index (χ1n) is 7.50. The van der Waals surface area contributed by atoms with Gasteiger partial charge in [0, 0.05) is 11.8 Å². The van der Waals surface area contributed by atoms with E-state index >= 15 is 0 Å². The zero-order valence-corrected chi connectivity index (χ0v) is 13.7. The van der Waals surface area contributed by atoms with E-state index in [9.17, 15) is 19.3 Å². The third-order valence-electron chi connectivity index (χ3n) is 3.40. The second kappa shape index (κ2) is 8.09. The molecule has 0 aliphatic rings. The Balaban J connectivity index is 2.17. The van der Waals surface area contributed by atoms with Crippen LogP contribution in [0.4, 0.5) is 15.8 Å². The number of methoxy groups -OCH3 is 1. The molecule has 1 atom stereocenters. The summed E-state index contributed by atoms with van der Waals surface area (Å²) in [6.07, 6.45) is -0.584. The van der Waals surface area contributed by atoms with Crippen LogP contribution in [0, 0.1) is 15.9 Å². The van der Waals surface area contributed by atoms with Crippen LogP contribution in [-0.4, -0.2) is 24.0 Å². The van der Waals surface area contributed by atoms with E-state index in [1.807, 2.05) is 0 Å². The van der Waals surface area contributed by atoms with Gasteiger partial charge in [0.2, 0.25) is 0 Å². The first kappa shape index (κ1) is 18.2. The summed E-state index contributed by atoms with van der Waals surface area (Å²) >= 11 is 0. The van der Waals surface area contributed by atoms with Crippen molar-refractivity contribution in [2.45, 2.75) is 19.4 Å². The average molecular weight is 348 g/mol. The fraction of sp³-hybridized carbons (Fsp3) is 0.235. The van der Waals surface area contributed by atoms with Gasteiger partial charge >= 0.3 is 0 Å². The number of nitro groups is 1. The minimum atomic E-state index is -0.902. The average Bonchev–Trinajstić information content (AvgIpc) is 2.61. The smallest absolute Gasteiger partial charge is 0.273 e. The standard InChI is InChI=1S/C17H17FN2O5/c1-3-14(17(21)19-12-6-4-11(18)5-7-12)25-16-10-13(20(22)23)8-9-15(16)24-2/h4-10,14H,3H2,1-2H3,(H,19,21). The molecule has 0 aromatic heterocycles. The van der Waals surface area contributed by atoms with Crippen molar-refractivity contribution in [1.82, 2.24) is 0 Å². The number of ether oxygens (including phenoxy) is 2. The predicted molar refractivity (Wildman–Crippen MR) is 89.4 cm³/mol. The lowest BCUT2D eigenvalue weighted by atomic mass is 10.2. The zero-order valence-electron chi connectivity index (χ0n) is 13.7. The van der Waals surface area contributed by atoms with Crippen molar-refractivity contribution in [2.75, 3.05) is 12.4 Å². The normalized spacial score (nSPS) is 11.5. The highest BCUT2D eigenvalue weighted by atomic mass is 19.1. The second-order valence-corrected chi connectivity index (χ2v) is 5.10. The Morgan fingerprint density at radius 2 is 1.92 bits per heavy atom. The quantitative estimate of drug-likeness (QED) is 0.610. The Bertz CT molecular complexity index is 764. The molecule has 25 heavy (non-hydrogen) atoms. The zero-order chi connectivity index (χ0) is 18.4. The van der Waals surface area contributed by atoms with Crippen LogP contribution in [0.5, 0.6) is 11.5 Å². The van der Waals surface area contributed by atoms with E-state index in [-0.39, 0.29) is 17.2 Å². The van der Waals surface area contributed by atoms with Crippen molar-refractivity contribution in [2.24, 2.45) is 0 Å². The minimum absolute atomic E-state index is 0.0952. The molecule has 1 N–H and O–H groups in total. The van der Waals surface area contributed by atoms with Gasteiger partial charge in [-0.3, -0.25) is 14.9 Å². The maximum absolute atomic E-state index is 12.9. The van der Waals surface area contributed by atoms with Crippen molar-refractivity contribution < 1.29 is 23.6 Å². The summed E-state index contributed by atoms with van der Waals surface area (Å²) in [5, 5.41) is 13.5. The molecule has 1 amide bonds.